The average molecular weight is 459 g/mol. The summed E-state index contributed by atoms with van der Waals surface area (Å²) in [6.07, 6.45) is 4.97. The normalized spacial score (nSPS) is 15.0. The van der Waals surface area contributed by atoms with Crippen molar-refractivity contribution < 1.29 is 22.0 Å². The van der Waals surface area contributed by atoms with Gasteiger partial charge in [0.25, 0.3) is 11.8 Å². The Balaban J connectivity index is 1.54. The minimum Gasteiger partial charge on any atom is -0.459 e. The van der Waals surface area contributed by atoms with Gasteiger partial charge in [0.1, 0.15) is 0 Å². The standard InChI is InChI=1S/C22H26N4O5S/c1-2-11-25(16-20-23-24-21(31-20)19-10-7-14-30-19)22(27)17-8-6-9-18(15-17)32(28,29)26-12-4-3-5-13-26/h6-10,14-15H,2-5,11-13,16H2,1H3. The van der Waals surface area contributed by atoms with Gasteiger partial charge in [0.05, 0.1) is 17.7 Å². The molecule has 0 unspecified atom stereocenters. The maximum absolute atomic E-state index is 13.2. The molecule has 0 aliphatic carbocycles. The van der Waals surface area contributed by atoms with Crippen molar-refractivity contribution in [2.24, 2.45) is 0 Å². The summed E-state index contributed by atoms with van der Waals surface area (Å²) >= 11 is 0. The molecule has 10 heteroatoms. The van der Waals surface area contributed by atoms with Crippen molar-refractivity contribution in [2.75, 3.05) is 19.6 Å². The van der Waals surface area contributed by atoms with Crippen molar-refractivity contribution in [3.63, 3.8) is 0 Å². The molecule has 0 atom stereocenters. The summed E-state index contributed by atoms with van der Waals surface area (Å²) in [5.41, 5.74) is 0.308. The predicted octanol–water partition coefficient (Wildman–Crippen LogP) is 3.56. The van der Waals surface area contributed by atoms with Gasteiger partial charge in [-0.25, -0.2) is 8.42 Å². The van der Waals surface area contributed by atoms with Crippen molar-refractivity contribution in [2.45, 2.75) is 44.0 Å². The summed E-state index contributed by atoms with van der Waals surface area (Å²) in [4.78, 5) is 15.0. The van der Waals surface area contributed by atoms with Crippen molar-refractivity contribution in [1.29, 1.82) is 0 Å². The molecule has 1 saturated heterocycles. The molecule has 170 valence electrons. The van der Waals surface area contributed by atoms with Gasteiger partial charge >= 0.3 is 0 Å². The molecule has 1 aliphatic rings. The van der Waals surface area contributed by atoms with E-state index in [0.29, 0.717) is 31.0 Å². The number of amides is 1. The molecule has 0 bridgehead atoms. The zero-order valence-corrected chi connectivity index (χ0v) is 18.8. The monoisotopic (exact) mass is 458 g/mol. The van der Waals surface area contributed by atoms with Crippen LogP contribution in [0.2, 0.25) is 0 Å². The lowest BCUT2D eigenvalue weighted by Gasteiger charge is -2.26. The minimum absolute atomic E-state index is 0.115. The summed E-state index contributed by atoms with van der Waals surface area (Å²) in [6, 6.07) is 9.66. The second kappa shape index (κ2) is 9.66. The molecule has 1 aromatic carbocycles. The Bertz CT molecular complexity index is 1150. The third-order valence-corrected chi connectivity index (χ3v) is 7.23. The molecule has 0 saturated carbocycles. The highest BCUT2D eigenvalue weighted by molar-refractivity contribution is 7.89. The molecule has 32 heavy (non-hydrogen) atoms. The van der Waals surface area contributed by atoms with E-state index in [9.17, 15) is 13.2 Å². The van der Waals surface area contributed by atoms with Crippen molar-refractivity contribution >= 4 is 15.9 Å². The van der Waals surface area contributed by atoms with Crippen LogP contribution in [-0.4, -0.2) is 53.4 Å². The number of sulfonamides is 1. The van der Waals surface area contributed by atoms with E-state index in [0.717, 1.165) is 25.7 Å². The smallest absolute Gasteiger partial charge is 0.283 e. The number of nitrogens with zero attached hydrogens (tertiary/aromatic N) is 4. The first kappa shape index (κ1) is 22.2. The van der Waals surface area contributed by atoms with E-state index in [4.69, 9.17) is 8.83 Å². The topological polar surface area (TPSA) is 110 Å². The van der Waals surface area contributed by atoms with Crippen LogP contribution in [0.4, 0.5) is 0 Å². The van der Waals surface area contributed by atoms with E-state index in [1.54, 1.807) is 35.2 Å². The SMILES string of the molecule is CCCN(Cc1nnc(-c2ccco2)o1)C(=O)c1cccc(S(=O)(=O)N2CCCCC2)c1. The molecule has 0 spiro atoms. The predicted molar refractivity (Wildman–Crippen MR) is 116 cm³/mol. The molecule has 2 aromatic heterocycles. The lowest BCUT2D eigenvalue weighted by molar-refractivity contribution is 0.0728. The van der Waals surface area contributed by atoms with E-state index in [2.05, 4.69) is 10.2 Å². The van der Waals surface area contributed by atoms with Gasteiger partial charge in [0.15, 0.2) is 5.76 Å². The van der Waals surface area contributed by atoms with Gasteiger partial charge in [-0.2, -0.15) is 4.31 Å². The largest absolute Gasteiger partial charge is 0.459 e. The maximum Gasteiger partial charge on any atom is 0.283 e. The molecule has 1 aliphatic heterocycles. The zero-order valence-electron chi connectivity index (χ0n) is 17.9. The summed E-state index contributed by atoms with van der Waals surface area (Å²) in [7, 11) is -3.63. The highest BCUT2D eigenvalue weighted by Gasteiger charge is 2.27. The van der Waals surface area contributed by atoms with E-state index in [1.807, 2.05) is 6.92 Å². The number of hydrogen-bond acceptors (Lipinski definition) is 7. The number of carbonyl (C=O) groups is 1. The van der Waals surface area contributed by atoms with Crippen LogP contribution in [0.15, 0.2) is 56.4 Å². The van der Waals surface area contributed by atoms with Crippen LogP contribution < -0.4 is 0 Å². The molecular formula is C22H26N4O5S. The first-order chi connectivity index (χ1) is 15.5. The Kier molecular flexibility index (Phi) is 6.71. The Labute approximate surface area is 187 Å². The average Bonchev–Trinajstić information content (AvgIpc) is 3.51. The van der Waals surface area contributed by atoms with Gasteiger partial charge in [-0.15, -0.1) is 10.2 Å². The number of aromatic nitrogens is 2. The summed E-state index contributed by atoms with van der Waals surface area (Å²) in [6.45, 7) is 3.55. The number of furan rings is 1. The fourth-order valence-corrected chi connectivity index (χ4v) is 5.29. The molecule has 3 heterocycles. The van der Waals surface area contributed by atoms with Crippen LogP contribution in [0.1, 0.15) is 48.9 Å². The number of rotatable bonds is 8. The van der Waals surface area contributed by atoms with Gasteiger partial charge in [0.2, 0.25) is 15.9 Å². The Morgan fingerprint density at radius 3 is 2.66 bits per heavy atom. The molecular weight excluding hydrogens is 432 g/mol. The third kappa shape index (κ3) is 4.76. The quantitative estimate of drug-likeness (QED) is 0.508. The zero-order chi connectivity index (χ0) is 22.6. The fourth-order valence-electron chi connectivity index (χ4n) is 3.73. The second-order valence-corrected chi connectivity index (χ2v) is 9.64. The van der Waals surface area contributed by atoms with E-state index in [-0.39, 0.29) is 29.1 Å². The summed E-state index contributed by atoms with van der Waals surface area (Å²) in [5, 5.41) is 7.98. The Morgan fingerprint density at radius 2 is 1.94 bits per heavy atom. The Morgan fingerprint density at radius 1 is 1.12 bits per heavy atom. The van der Waals surface area contributed by atoms with Crippen LogP contribution in [0, 0.1) is 0 Å². The highest BCUT2D eigenvalue weighted by Crippen LogP contribution is 2.23. The van der Waals surface area contributed by atoms with E-state index in [1.165, 1.54) is 16.6 Å². The van der Waals surface area contributed by atoms with Crippen LogP contribution in [0.25, 0.3) is 11.7 Å². The van der Waals surface area contributed by atoms with Gasteiger partial charge in [-0.1, -0.05) is 19.4 Å². The lowest BCUT2D eigenvalue weighted by atomic mass is 10.2. The summed E-state index contributed by atoms with van der Waals surface area (Å²) < 4.78 is 38.4. The molecule has 0 radical (unpaired) electrons. The first-order valence-corrected chi connectivity index (χ1v) is 12.2. The van der Waals surface area contributed by atoms with Crippen molar-refractivity contribution in [1.82, 2.24) is 19.4 Å². The molecule has 3 aromatic rings. The van der Waals surface area contributed by atoms with Crippen LogP contribution >= 0.6 is 0 Å². The van der Waals surface area contributed by atoms with Crippen molar-refractivity contribution in [3.8, 4) is 11.7 Å². The van der Waals surface area contributed by atoms with Crippen LogP contribution in [-0.2, 0) is 16.6 Å². The van der Waals surface area contributed by atoms with Gasteiger partial charge in [-0.05, 0) is 49.6 Å². The van der Waals surface area contributed by atoms with Crippen LogP contribution in [0.5, 0.6) is 0 Å². The Hall–Kier alpha value is -2.98. The maximum atomic E-state index is 13.2. The number of carbonyl (C=O) groups excluding carboxylic acids is 1. The highest BCUT2D eigenvalue weighted by atomic mass is 32.2. The molecule has 0 N–H and O–H groups in total. The number of hydrogen-bond donors (Lipinski definition) is 0. The van der Waals surface area contributed by atoms with Crippen LogP contribution in [0.3, 0.4) is 0 Å². The first-order valence-electron chi connectivity index (χ1n) is 10.7. The number of benzene rings is 1. The van der Waals surface area contributed by atoms with Crippen molar-refractivity contribution in [3.05, 3.63) is 54.1 Å². The summed E-state index contributed by atoms with van der Waals surface area (Å²) in [5.74, 6) is 0.673. The number of piperidine rings is 1. The van der Waals surface area contributed by atoms with E-state index < -0.39 is 10.0 Å². The molecule has 9 nitrogen and oxygen atoms in total. The van der Waals surface area contributed by atoms with Gasteiger partial charge in [0, 0.05) is 25.2 Å². The minimum atomic E-state index is -3.63. The lowest BCUT2D eigenvalue weighted by Crippen LogP contribution is -2.36. The molecule has 1 amide bonds. The van der Waals surface area contributed by atoms with Gasteiger partial charge in [-0.3, -0.25) is 4.79 Å². The van der Waals surface area contributed by atoms with Gasteiger partial charge < -0.3 is 13.7 Å². The second-order valence-electron chi connectivity index (χ2n) is 7.70. The van der Waals surface area contributed by atoms with E-state index >= 15 is 0 Å². The fraction of sp³-hybridized carbons (Fsp3) is 0.409. The molecule has 4 rings (SSSR count). The third-order valence-electron chi connectivity index (χ3n) is 5.34. The molecule has 1 fully saturated rings.